The number of nitrogens with zero attached hydrogens (tertiary/aromatic N) is 3. The highest BCUT2D eigenvalue weighted by Gasteiger charge is 2.14. The van der Waals surface area contributed by atoms with Crippen LogP contribution in [0.3, 0.4) is 0 Å². The maximum absolute atomic E-state index is 12.7. The number of carbonyl (C=O) groups is 2. The predicted molar refractivity (Wildman–Crippen MR) is 147 cm³/mol. The van der Waals surface area contributed by atoms with Crippen LogP contribution in [0.4, 0.5) is 5.82 Å². The normalized spacial score (nSPS) is 14.2. The number of rotatable bonds is 14. The molecule has 3 rings (SSSR count). The topological polar surface area (TPSA) is 122 Å². The zero-order valence-corrected chi connectivity index (χ0v) is 21.6. The summed E-state index contributed by atoms with van der Waals surface area (Å²) in [5, 5.41) is 6.89. The molecule has 4 N–H and O–H groups in total. The summed E-state index contributed by atoms with van der Waals surface area (Å²) < 4.78 is 5.85. The van der Waals surface area contributed by atoms with E-state index >= 15 is 0 Å². The Morgan fingerprint density at radius 3 is 2.89 bits per heavy atom. The Balaban J connectivity index is 1.57. The van der Waals surface area contributed by atoms with E-state index in [0.717, 1.165) is 31.6 Å². The predicted octanol–water partition coefficient (Wildman–Crippen LogP) is 3.54. The van der Waals surface area contributed by atoms with Crippen molar-refractivity contribution in [3.05, 3.63) is 78.5 Å². The van der Waals surface area contributed by atoms with Crippen molar-refractivity contribution in [1.29, 1.82) is 0 Å². The molecule has 37 heavy (non-hydrogen) atoms. The molecular formula is C28H36N6O3. The summed E-state index contributed by atoms with van der Waals surface area (Å²) in [6, 6.07) is 5.24. The maximum atomic E-state index is 12.7. The Labute approximate surface area is 218 Å². The molecule has 2 aromatic rings. The highest BCUT2D eigenvalue weighted by atomic mass is 16.5. The first kappa shape index (κ1) is 27.6. The van der Waals surface area contributed by atoms with Crippen LogP contribution in [-0.2, 0) is 9.53 Å². The van der Waals surface area contributed by atoms with Gasteiger partial charge in [0.25, 0.3) is 11.8 Å². The summed E-state index contributed by atoms with van der Waals surface area (Å²) in [5.74, 6) is 0.797. The Bertz CT molecular complexity index is 1200. The van der Waals surface area contributed by atoms with E-state index < -0.39 is 5.91 Å². The summed E-state index contributed by atoms with van der Waals surface area (Å²) in [6.07, 6.45) is 13.8. The largest absolute Gasteiger partial charge is 0.498 e. The van der Waals surface area contributed by atoms with Crippen LogP contribution in [0.2, 0.25) is 0 Å². The fourth-order valence-corrected chi connectivity index (χ4v) is 3.97. The minimum absolute atomic E-state index is 0.0496. The zero-order valence-electron chi connectivity index (χ0n) is 21.6. The molecule has 1 aliphatic carbocycles. The van der Waals surface area contributed by atoms with E-state index in [4.69, 9.17) is 10.5 Å². The van der Waals surface area contributed by atoms with Gasteiger partial charge in [-0.2, -0.15) is 0 Å². The molecule has 1 aromatic heterocycles. The lowest BCUT2D eigenvalue weighted by Gasteiger charge is -2.16. The first-order chi connectivity index (χ1) is 17.9. The fourth-order valence-electron chi connectivity index (χ4n) is 3.97. The standard InChI is InChI=1S/C28H36N6O3/c1-4-8-20(18-31-27-24-12-6-11-23(26(29)35)25(24)32-19-33-27)13-14-30-28(36)21-9-5-10-22(17-21)37-16-7-15-34(2)3/h4,6,9,11-14,17,19-20H,1,5,7-8,10,15-16,18H2,2-3H3,(H2,29,35)(H,30,36)(H,31,32,33). The van der Waals surface area contributed by atoms with E-state index in [1.165, 1.54) is 6.33 Å². The van der Waals surface area contributed by atoms with Crippen LogP contribution in [0.5, 0.6) is 0 Å². The monoisotopic (exact) mass is 504 g/mol. The molecule has 1 aromatic carbocycles. The number of hydrogen-bond donors (Lipinski definition) is 3. The maximum Gasteiger partial charge on any atom is 0.254 e. The van der Waals surface area contributed by atoms with Gasteiger partial charge in [0.1, 0.15) is 12.1 Å². The van der Waals surface area contributed by atoms with Gasteiger partial charge >= 0.3 is 0 Å². The lowest BCUT2D eigenvalue weighted by Crippen LogP contribution is -2.21. The summed E-state index contributed by atoms with van der Waals surface area (Å²) in [6.45, 7) is 5.98. The molecule has 2 amide bonds. The van der Waals surface area contributed by atoms with E-state index in [1.54, 1.807) is 18.3 Å². The van der Waals surface area contributed by atoms with E-state index in [0.29, 0.717) is 47.4 Å². The van der Waals surface area contributed by atoms with Gasteiger partial charge in [-0.15, -0.1) is 6.58 Å². The average molecular weight is 505 g/mol. The number of nitrogens with one attached hydrogen (secondary N) is 2. The lowest BCUT2D eigenvalue weighted by atomic mass is 10.0. The molecule has 1 aliphatic rings. The third-order valence-electron chi connectivity index (χ3n) is 5.88. The number of para-hydroxylation sites is 1. The van der Waals surface area contributed by atoms with Crippen molar-refractivity contribution in [1.82, 2.24) is 20.2 Å². The molecule has 0 saturated carbocycles. The highest BCUT2D eigenvalue weighted by Crippen LogP contribution is 2.23. The smallest absolute Gasteiger partial charge is 0.254 e. The number of aromatic nitrogens is 2. The first-order valence-electron chi connectivity index (χ1n) is 12.4. The van der Waals surface area contributed by atoms with Crippen molar-refractivity contribution >= 4 is 28.5 Å². The molecule has 1 atom stereocenters. The van der Waals surface area contributed by atoms with Gasteiger partial charge in [-0.1, -0.05) is 24.3 Å². The molecule has 9 heteroatoms. The molecule has 1 heterocycles. The van der Waals surface area contributed by atoms with Crippen molar-refractivity contribution in [3.63, 3.8) is 0 Å². The molecule has 0 radical (unpaired) electrons. The van der Waals surface area contributed by atoms with Crippen molar-refractivity contribution in [2.24, 2.45) is 11.7 Å². The van der Waals surface area contributed by atoms with Crippen molar-refractivity contribution in [2.75, 3.05) is 39.1 Å². The third kappa shape index (κ3) is 8.28. The molecular weight excluding hydrogens is 468 g/mol. The molecule has 0 bridgehead atoms. The minimum Gasteiger partial charge on any atom is -0.498 e. The van der Waals surface area contributed by atoms with Crippen LogP contribution in [0.1, 0.15) is 36.0 Å². The second kappa shape index (κ2) is 13.9. The molecule has 1 unspecified atom stereocenters. The number of hydrogen-bond acceptors (Lipinski definition) is 7. The molecule has 196 valence electrons. The number of benzene rings is 1. The molecule has 0 fully saturated rings. The highest BCUT2D eigenvalue weighted by molar-refractivity contribution is 6.06. The quantitative estimate of drug-likeness (QED) is 0.266. The summed E-state index contributed by atoms with van der Waals surface area (Å²) >= 11 is 0. The summed E-state index contributed by atoms with van der Waals surface area (Å²) in [4.78, 5) is 35.1. The van der Waals surface area contributed by atoms with Gasteiger partial charge in [0.15, 0.2) is 0 Å². The van der Waals surface area contributed by atoms with Crippen LogP contribution in [0.25, 0.3) is 10.9 Å². The second-order valence-corrected chi connectivity index (χ2v) is 9.10. The van der Waals surface area contributed by atoms with E-state index in [2.05, 4.69) is 32.1 Å². The van der Waals surface area contributed by atoms with Gasteiger partial charge in [-0.05, 0) is 57.5 Å². The number of fused-ring (bicyclic) bond motifs is 1. The zero-order chi connectivity index (χ0) is 26.6. The third-order valence-corrected chi connectivity index (χ3v) is 5.88. The second-order valence-electron chi connectivity index (χ2n) is 9.10. The Morgan fingerprint density at radius 2 is 2.14 bits per heavy atom. The number of ether oxygens (including phenoxy) is 1. The Morgan fingerprint density at radius 1 is 1.30 bits per heavy atom. The Kier molecular flexibility index (Phi) is 10.4. The van der Waals surface area contributed by atoms with Gasteiger partial charge in [0.05, 0.1) is 23.4 Å². The molecule has 0 spiro atoms. The summed E-state index contributed by atoms with van der Waals surface area (Å²) in [5.41, 5.74) is 6.94. The van der Waals surface area contributed by atoms with Crippen molar-refractivity contribution in [3.8, 4) is 0 Å². The number of carbonyl (C=O) groups excluding carboxylic acids is 2. The molecule has 9 nitrogen and oxygen atoms in total. The number of anilines is 1. The number of primary amides is 1. The van der Waals surface area contributed by atoms with Crippen LogP contribution < -0.4 is 16.4 Å². The van der Waals surface area contributed by atoms with Gasteiger partial charge in [0.2, 0.25) is 0 Å². The molecule has 0 saturated heterocycles. The fraction of sp³-hybridized carbons (Fsp3) is 0.357. The number of nitrogens with two attached hydrogens (primary N) is 1. The van der Waals surface area contributed by atoms with Crippen molar-refractivity contribution in [2.45, 2.75) is 25.7 Å². The van der Waals surface area contributed by atoms with Crippen molar-refractivity contribution < 1.29 is 14.3 Å². The van der Waals surface area contributed by atoms with Crippen LogP contribution in [0.15, 0.2) is 72.9 Å². The van der Waals surface area contributed by atoms with Gasteiger partial charge in [-0.25, -0.2) is 9.97 Å². The van der Waals surface area contributed by atoms with Gasteiger partial charge in [-0.3, -0.25) is 9.59 Å². The van der Waals surface area contributed by atoms with Crippen LogP contribution >= 0.6 is 0 Å². The Hall–Kier alpha value is -3.98. The lowest BCUT2D eigenvalue weighted by molar-refractivity contribution is -0.116. The van der Waals surface area contributed by atoms with Gasteiger partial charge < -0.3 is 26.0 Å². The molecule has 0 aliphatic heterocycles. The SMILES string of the molecule is C=CCC(C=CNC(=O)C1=CCCC(OCCCN(C)C)=C1)CNc1ncnc2c(C(N)=O)cccc12. The average Bonchev–Trinajstić information content (AvgIpc) is 2.89. The number of amides is 2. The van der Waals surface area contributed by atoms with E-state index in [-0.39, 0.29) is 11.8 Å². The number of allylic oxidation sites excluding steroid dienone is 3. The van der Waals surface area contributed by atoms with E-state index in [1.807, 2.05) is 44.5 Å². The van der Waals surface area contributed by atoms with E-state index in [9.17, 15) is 9.59 Å². The van der Waals surface area contributed by atoms with Gasteiger partial charge in [0, 0.05) is 36.7 Å². The van der Waals surface area contributed by atoms with Crippen LogP contribution in [0, 0.1) is 5.92 Å². The summed E-state index contributed by atoms with van der Waals surface area (Å²) in [7, 11) is 4.07. The first-order valence-corrected chi connectivity index (χ1v) is 12.4. The van der Waals surface area contributed by atoms with Crippen LogP contribution in [-0.4, -0.2) is 60.5 Å². The minimum atomic E-state index is -0.538.